The number of phenols is 2. The number of aliphatic hydroxyl groups excluding tert-OH is 1. The van der Waals surface area contributed by atoms with Gasteiger partial charge in [-0.15, -0.1) is 11.8 Å². The van der Waals surface area contributed by atoms with Crippen molar-refractivity contribution in [2.45, 2.75) is 35.0 Å². The average molecular weight is 417 g/mol. The van der Waals surface area contributed by atoms with E-state index in [1.165, 1.54) is 6.07 Å². The summed E-state index contributed by atoms with van der Waals surface area (Å²) in [6, 6.07) is 7.76. The van der Waals surface area contributed by atoms with Gasteiger partial charge >= 0.3 is 0 Å². The quantitative estimate of drug-likeness (QED) is 0.585. The van der Waals surface area contributed by atoms with Crippen LogP contribution in [0.3, 0.4) is 0 Å². The molecule has 0 bridgehead atoms. The number of phenolic OH excluding ortho intramolecular Hbond substituents is 2. The third-order valence-electron chi connectivity index (χ3n) is 5.02. The van der Waals surface area contributed by atoms with E-state index in [0.717, 1.165) is 17.3 Å². The van der Waals surface area contributed by atoms with E-state index in [1.807, 2.05) is 0 Å². The SMILES string of the molecule is O=NC1[C@@H](N=O)[C@H](c2ccc(O)c(Cc3ccc(O)cc3)c2)S[C@H](CO)[C@H]1N=O. The summed E-state index contributed by atoms with van der Waals surface area (Å²) < 4.78 is 0. The molecule has 1 aliphatic rings. The maximum Gasteiger partial charge on any atom is 0.146 e. The predicted molar refractivity (Wildman–Crippen MR) is 109 cm³/mol. The molecule has 152 valence electrons. The van der Waals surface area contributed by atoms with Gasteiger partial charge in [0.05, 0.1) is 17.1 Å². The fraction of sp³-hybridized carbons (Fsp3) is 0.368. The number of hydrogen-bond donors (Lipinski definition) is 3. The number of nitroso groups, excluding NO2 is 3. The van der Waals surface area contributed by atoms with Crippen molar-refractivity contribution in [3.63, 3.8) is 0 Å². The van der Waals surface area contributed by atoms with E-state index in [0.29, 0.717) is 17.5 Å². The standard InChI is InChI=1S/C19H19N3O6S/c23-9-15-16(20-26)17(21-27)18(22-28)19(29-15)11-3-6-14(25)12(8-11)7-10-1-4-13(24)5-2-10/h1-6,8,15-19,23-25H,7,9H2/t15-,16-,17?,18-,19+/m1/s1. The first kappa shape index (κ1) is 20.9. The summed E-state index contributed by atoms with van der Waals surface area (Å²) in [7, 11) is 0. The van der Waals surface area contributed by atoms with Gasteiger partial charge in [0.25, 0.3) is 0 Å². The highest BCUT2D eigenvalue weighted by atomic mass is 32.2. The minimum atomic E-state index is -1.28. The summed E-state index contributed by atoms with van der Waals surface area (Å²) in [6.07, 6.45) is 0.369. The minimum absolute atomic E-state index is 0.0504. The second kappa shape index (κ2) is 9.10. The van der Waals surface area contributed by atoms with Crippen molar-refractivity contribution in [1.29, 1.82) is 0 Å². The monoisotopic (exact) mass is 417 g/mol. The second-order valence-electron chi connectivity index (χ2n) is 6.80. The third-order valence-corrected chi connectivity index (χ3v) is 6.64. The number of aromatic hydroxyl groups is 2. The van der Waals surface area contributed by atoms with Crippen molar-refractivity contribution in [3.8, 4) is 11.5 Å². The van der Waals surface area contributed by atoms with E-state index in [9.17, 15) is 30.0 Å². The Bertz CT molecular complexity index is 894. The highest BCUT2D eigenvalue weighted by Gasteiger charge is 2.49. The molecule has 3 rings (SSSR count). The van der Waals surface area contributed by atoms with Crippen molar-refractivity contribution in [1.82, 2.24) is 0 Å². The molecule has 1 unspecified atom stereocenters. The molecule has 10 heteroatoms. The van der Waals surface area contributed by atoms with Gasteiger partial charge in [0.15, 0.2) is 0 Å². The van der Waals surface area contributed by atoms with Gasteiger partial charge < -0.3 is 15.3 Å². The predicted octanol–water partition coefficient (Wildman–Crippen LogP) is 3.24. The molecule has 0 amide bonds. The van der Waals surface area contributed by atoms with Crippen LogP contribution >= 0.6 is 11.8 Å². The van der Waals surface area contributed by atoms with Gasteiger partial charge in [-0.3, -0.25) is 0 Å². The molecule has 0 radical (unpaired) electrons. The zero-order valence-corrected chi connectivity index (χ0v) is 16.0. The summed E-state index contributed by atoms with van der Waals surface area (Å²) in [5.74, 6) is 0.181. The molecule has 0 aliphatic carbocycles. The highest BCUT2D eigenvalue weighted by molar-refractivity contribution is 8.00. The highest BCUT2D eigenvalue weighted by Crippen LogP contribution is 2.47. The van der Waals surface area contributed by atoms with Crippen molar-refractivity contribution >= 4 is 11.8 Å². The fourth-order valence-corrected chi connectivity index (χ4v) is 5.02. The first-order valence-corrected chi connectivity index (χ1v) is 9.80. The Morgan fingerprint density at radius 3 is 2.10 bits per heavy atom. The molecular weight excluding hydrogens is 398 g/mol. The molecule has 0 saturated carbocycles. The molecule has 3 N–H and O–H groups in total. The first-order valence-electron chi connectivity index (χ1n) is 8.85. The van der Waals surface area contributed by atoms with Crippen LogP contribution in [0.25, 0.3) is 0 Å². The third kappa shape index (κ3) is 4.28. The maximum absolute atomic E-state index is 11.5. The lowest BCUT2D eigenvalue weighted by Gasteiger charge is -2.37. The van der Waals surface area contributed by atoms with Crippen LogP contribution in [0.15, 0.2) is 58.0 Å². The molecule has 2 aromatic rings. The van der Waals surface area contributed by atoms with Crippen LogP contribution in [0.2, 0.25) is 0 Å². The number of hydrogen-bond acceptors (Lipinski definition) is 10. The van der Waals surface area contributed by atoms with Gasteiger partial charge in [0, 0.05) is 6.42 Å². The van der Waals surface area contributed by atoms with Crippen LogP contribution in [0.1, 0.15) is 21.9 Å². The van der Waals surface area contributed by atoms with Gasteiger partial charge in [-0.05, 0) is 34.9 Å². The summed E-state index contributed by atoms with van der Waals surface area (Å²) in [4.78, 5) is 34.0. The molecule has 5 atom stereocenters. The Morgan fingerprint density at radius 2 is 1.52 bits per heavy atom. The van der Waals surface area contributed by atoms with E-state index in [4.69, 9.17) is 0 Å². The largest absolute Gasteiger partial charge is 0.508 e. The lowest BCUT2D eigenvalue weighted by molar-refractivity contribution is 0.262. The zero-order valence-electron chi connectivity index (χ0n) is 15.2. The molecule has 9 nitrogen and oxygen atoms in total. The molecule has 2 aromatic carbocycles. The van der Waals surface area contributed by atoms with E-state index in [-0.39, 0.29) is 11.5 Å². The minimum Gasteiger partial charge on any atom is -0.508 e. The molecule has 29 heavy (non-hydrogen) atoms. The van der Waals surface area contributed by atoms with Crippen LogP contribution in [0.5, 0.6) is 11.5 Å². The zero-order chi connectivity index (χ0) is 21.0. The Kier molecular flexibility index (Phi) is 6.55. The molecule has 0 spiro atoms. The van der Waals surface area contributed by atoms with E-state index < -0.39 is 35.2 Å². The molecule has 1 fully saturated rings. The lowest BCUT2D eigenvalue weighted by atomic mass is 9.91. The van der Waals surface area contributed by atoms with Gasteiger partial charge in [0.1, 0.15) is 29.6 Å². The molecule has 0 aromatic heterocycles. The van der Waals surface area contributed by atoms with Crippen LogP contribution in [-0.2, 0) is 6.42 Å². The molecule has 1 aliphatic heterocycles. The number of rotatable bonds is 7. The van der Waals surface area contributed by atoms with Crippen LogP contribution in [0.4, 0.5) is 0 Å². The summed E-state index contributed by atoms with van der Waals surface area (Å²) in [6.45, 7) is -0.409. The van der Waals surface area contributed by atoms with Crippen LogP contribution in [0, 0.1) is 14.7 Å². The lowest BCUT2D eigenvalue weighted by Crippen LogP contribution is -2.48. The molecule has 1 saturated heterocycles. The topological polar surface area (TPSA) is 149 Å². The average Bonchev–Trinajstić information content (AvgIpc) is 2.75. The number of nitrogens with zero attached hydrogens (tertiary/aromatic N) is 3. The maximum atomic E-state index is 11.5. The van der Waals surface area contributed by atoms with E-state index in [1.54, 1.807) is 36.4 Å². The van der Waals surface area contributed by atoms with Crippen LogP contribution in [-0.4, -0.2) is 45.3 Å². The van der Waals surface area contributed by atoms with Gasteiger partial charge in [0.2, 0.25) is 0 Å². The smallest absolute Gasteiger partial charge is 0.146 e. The van der Waals surface area contributed by atoms with Crippen molar-refractivity contribution in [3.05, 3.63) is 73.9 Å². The van der Waals surface area contributed by atoms with Gasteiger partial charge in [-0.1, -0.05) is 39.8 Å². The van der Waals surface area contributed by atoms with Crippen LogP contribution < -0.4 is 0 Å². The number of aliphatic hydroxyl groups is 1. The fourth-order valence-electron chi connectivity index (χ4n) is 3.51. The Balaban J connectivity index is 1.95. The molecule has 1 heterocycles. The van der Waals surface area contributed by atoms with E-state index >= 15 is 0 Å². The summed E-state index contributed by atoms with van der Waals surface area (Å²) >= 11 is 1.14. The van der Waals surface area contributed by atoms with Crippen molar-refractivity contribution < 1.29 is 15.3 Å². The summed E-state index contributed by atoms with van der Waals surface area (Å²) in [5.41, 5.74) is 2.04. The van der Waals surface area contributed by atoms with Gasteiger partial charge in [-0.2, -0.15) is 14.7 Å². The second-order valence-corrected chi connectivity index (χ2v) is 8.18. The van der Waals surface area contributed by atoms with Crippen molar-refractivity contribution in [2.75, 3.05) is 6.61 Å². The first-order chi connectivity index (χ1) is 14.0. The number of thioether (sulfide) groups is 1. The Labute approximate surface area is 170 Å². The summed E-state index contributed by atoms with van der Waals surface area (Å²) in [5, 5.41) is 36.8. The van der Waals surface area contributed by atoms with E-state index in [2.05, 4.69) is 15.5 Å². The van der Waals surface area contributed by atoms with Gasteiger partial charge in [-0.25, -0.2) is 0 Å². The number of benzene rings is 2. The molecular formula is C19H19N3O6S. The van der Waals surface area contributed by atoms with Crippen molar-refractivity contribution in [2.24, 2.45) is 15.5 Å². The Hall–Kier alpha value is -2.85. The Morgan fingerprint density at radius 1 is 0.862 bits per heavy atom. The normalized spacial score (nSPS) is 26.6.